The van der Waals surface area contributed by atoms with Crippen molar-refractivity contribution in [1.29, 1.82) is 0 Å². The molecule has 0 saturated carbocycles. The van der Waals surface area contributed by atoms with E-state index in [0.29, 0.717) is 22.4 Å². The average Bonchev–Trinajstić information content (AvgIpc) is 2.89. The van der Waals surface area contributed by atoms with Gasteiger partial charge in [-0.1, -0.05) is 0 Å². The van der Waals surface area contributed by atoms with E-state index >= 15 is 0 Å². The first kappa shape index (κ1) is 17.9. The molecule has 1 aromatic heterocycles. The van der Waals surface area contributed by atoms with Gasteiger partial charge in [0.15, 0.2) is 6.17 Å². The third kappa shape index (κ3) is 3.68. The van der Waals surface area contributed by atoms with E-state index in [1.54, 1.807) is 18.2 Å². The summed E-state index contributed by atoms with van der Waals surface area (Å²) >= 11 is 0. The monoisotopic (exact) mass is 361 g/mol. The third-order valence-electron chi connectivity index (χ3n) is 4.00. The highest BCUT2D eigenvalue weighted by molar-refractivity contribution is 6.01. The molecular weight excluding hydrogens is 341 g/mol. The highest BCUT2D eigenvalue weighted by atomic mass is 19.1. The molecule has 3 rings (SSSR count). The number of carbonyl (C=O) groups excluding carboxylic acids is 2. The van der Waals surface area contributed by atoms with E-state index < -0.39 is 24.0 Å². The number of amides is 2. The molecule has 1 aliphatic rings. The molecule has 1 aliphatic heterocycles. The van der Waals surface area contributed by atoms with E-state index in [1.807, 2.05) is 13.8 Å². The van der Waals surface area contributed by atoms with Crippen LogP contribution in [0.25, 0.3) is 10.8 Å². The molecule has 0 radical (unpaired) electrons. The van der Waals surface area contributed by atoms with Gasteiger partial charge in [0.05, 0.1) is 17.7 Å². The van der Waals surface area contributed by atoms with Crippen molar-refractivity contribution >= 4 is 22.6 Å². The maximum atomic E-state index is 13.3. The van der Waals surface area contributed by atoms with Gasteiger partial charge in [-0.3, -0.25) is 9.59 Å². The molecule has 26 heavy (non-hydrogen) atoms. The molecule has 0 spiro atoms. The molecule has 1 fully saturated rings. The van der Waals surface area contributed by atoms with Crippen molar-refractivity contribution in [3.63, 3.8) is 0 Å². The Morgan fingerprint density at radius 2 is 2.23 bits per heavy atom. The number of nitrogens with zero attached hydrogens (tertiary/aromatic N) is 1. The Kier molecular flexibility index (Phi) is 4.92. The van der Waals surface area contributed by atoms with Crippen LogP contribution in [0.5, 0.6) is 11.6 Å². The first-order chi connectivity index (χ1) is 12.3. The van der Waals surface area contributed by atoms with Gasteiger partial charge in [0, 0.05) is 18.0 Å². The molecule has 3 N–H and O–H groups in total. The van der Waals surface area contributed by atoms with Crippen LogP contribution in [0.15, 0.2) is 24.4 Å². The first-order valence-electron chi connectivity index (χ1n) is 8.31. The second kappa shape index (κ2) is 7.15. The zero-order valence-corrected chi connectivity index (χ0v) is 14.5. The highest BCUT2D eigenvalue weighted by Gasteiger charge is 2.32. The number of hydrogen-bond donors (Lipinski definition) is 2. The van der Waals surface area contributed by atoms with Crippen LogP contribution < -0.4 is 20.5 Å². The van der Waals surface area contributed by atoms with Crippen molar-refractivity contribution in [2.24, 2.45) is 5.73 Å². The number of pyridine rings is 1. The Morgan fingerprint density at radius 3 is 2.85 bits per heavy atom. The maximum absolute atomic E-state index is 13.3. The van der Waals surface area contributed by atoms with E-state index in [2.05, 4.69) is 10.3 Å². The normalized spacial score (nSPS) is 19.6. The molecule has 2 heterocycles. The summed E-state index contributed by atoms with van der Waals surface area (Å²) in [6.07, 6.45) is -0.0525. The Hall–Kier alpha value is -2.90. The number of hydrogen-bond acceptors (Lipinski definition) is 5. The van der Waals surface area contributed by atoms with E-state index in [4.69, 9.17) is 15.2 Å². The predicted molar refractivity (Wildman–Crippen MR) is 93.0 cm³/mol. The molecule has 1 aromatic carbocycles. The number of primary amides is 1. The lowest BCUT2D eigenvalue weighted by Crippen LogP contribution is -2.31. The fraction of sp³-hybridized carbons (Fsp3) is 0.389. The van der Waals surface area contributed by atoms with Gasteiger partial charge in [-0.2, -0.15) is 0 Å². The number of nitrogens with one attached hydrogen (secondary N) is 1. The summed E-state index contributed by atoms with van der Waals surface area (Å²) in [6, 6.07) is 4.59. The highest BCUT2D eigenvalue weighted by Crippen LogP contribution is 2.31. The molecule has 1 unspecified atom stereocenters. The molecule has 2 atom stereocenters. The van der Waals surface area contributed by atoms with Crippen LogP contribution >= 0.6 is 0 Å². The number of carbonyl (C=O) groups is 2. The van der Waals surface area contributed by atoms with Crippen LogP contribution in [0.4, 0.5) is 4.39 Å². The average molecular weight is 361 g/mol. The standard InChI is InChI=1S/C18H20FN3O4/c1-9(2)26-15-7-12-10(5-13(15)16(20)23)3-4-21-18(12)25-8-11-6-14(19)17(24)22-11/h3-5,7,9,11,14H,6,8H2,1-2H3,(H2,20,23)(H,22,24)/t11-,14?/m0/s1. The van der Waals surface area contributed by atoms with Gasteiger partial charge in [0.2, 0.25) is 5.88 Å². The Balaban J connectivity index is 1.90. The van der Waals surface area contributed by atoms with Crippen LogP contribution in [0.3, 0.4) is 0 Å². The third-order valence-corrected chi connectivity index (χ3v) is 4.00. The number of halogens is 1. The lowest BCUT2D eigenvalue weighted by molar-refractivity contribution is -0.123. The number of aromatic nitrogens is 1. The van der Waals surface area contributed by atoms with Crippen LogP contribution in [0.1, 0.15) is 30.6 Å². The maximum Gasteiger partial charge on any atom is 0.254 e. The SMILES string of the molecule is CC(C)Oc1cc2c(OC[C@@H]3CC(F)C(=O)N3)nccc2cc1C(N)=O. The number of ether oxygens (including phenoxy) is 2. The fourth-order valence-corrected chi connectivity index (χ4v) is 2.83. The molecule has 2 aromatic rings. The number of nitrogens with two attached hydrogens (primary N) is 1. The summed E-state index contributed by atoms with van der Waals surface area (Å²) in [6.45, 7) is 3.77. The van der Waals surface area contributed by atoms with Gasteiger partial charge >= 0.3 is 0 Å². The quantitative estimate of drug-likeness (QED) is 0.815. The van der Waals surface area contributed by atoms with Crippen molar-refractivity contribution in [3.05, 3.63) is 30.0 Å². The van der Waals surface area contributed by atoms with E-state index in [0.717, 1.165) is 0 Å². The largest absolute Gasteiger partial charge is 0.490 e. The van der Waals surface area contributed by atoms with Gasteiger partial charge < -0.3 is 20.5 Å². The number of fused-ring (bicyclic) bond motifs is 1. The van der Waals surface area contributed by atoms with Crippen molar-refractivity contribution in [1.82, 2.24) is 10.3 Å². The van der Waals surface area contributed by atoms with Gasteiger partial charge in [0.25, 0.3) is 11.8 Å². The summed E-state index contributed by atoms with van der Waals surface area (Å²) in [4.78, 5) is 27.2. The Morgan fingerprint density at radius 1 is 1.46 bits per heavy atom. The van der Waals surface area contributed by atoms with E-state index in [-0.39, 0.29) is 24.7 Å². The molecule has 0 bridgehead atoms. The minimum atomic E-state index is -1.51. The number of rotatable bonds is 6. The summed E-state index contributed by atoms with van der Waals surface area (Å²) in [5.41, 5.74) is 5.72. The number of alkyl halides is 1. The van der Waals surface area contributed by atoms with Crippen molar-refractivity contribution in [2.75, 3.05) is 6.61 Å². The molecule has 0 aliphatic carbocycles. The van der Waals surface area contributed by atoms with Crippen molar-refractivity contribution in [3.8, 4) is 11.6 Å². The summed E-state index contributed by atoms with van der Waals surface area (Å²) in [7, 11) is 0. The molecule has 8 heteroatoms. The summed E-state index contributed by atoms with van der Waals surface area (Å²) < 4.78 is 24.7. The minimum absolute atomic E-state index is 0.0666. The molecule has 138 valence electrons. The van der Waals surface area contributed by atoms with Gasteiger partial charge in [0.1, 0.15) is 12.4 Å². The smallest absolute Gasteiger partial charge is 0.254 e. The Labute approximate surface area is 149 Å². The van der Waals surface area contributed by atoms with Gasteiger partial charge in [-0.25, -0.2) is 9.37 Å². The topological polar surface area (TPSA) is 104 Å². The van der Waals surface area contributed by atoms with Crippen LogP contribution in [0.2, 0.25) is 0 Å². The van der Waals surface area contributed by atoms with Crippen LogP contribution in [-0.4, -0.2) is 41.7 Å². The van der Waals surface area contributed by atoms with Crippen LogP contribution in [-0.2, 0) is 4.79 Å². The predicted octanol–water partition coefficient (Wildman–Crippen LogP) is 1.73. The second-order valence-corrected chi connectivity index (χ2v) is 6.44. The zero-order valence-electron chi connectivity index (χ0n) is 14.5. The van der Waals surface area contributed by atoms with Crippen molar-refractivity contribution < 1.29 is 23.5 Å². The lowest BCUT2D eigenvalue weighted by Gasteiger charge is -2.16. The van der Waals surface area contributed by atoms with E-state index in [9.17, 15) is 14.0 Å². The molecule has 2 amide bonds. The summed E-state index contributed by atoms with van der Waals surface area (Å²) in [5.74, 6) is -0.563. The fourth-order valence-electron chi connectivity index (χ4n) is 2.83. The van der Waals surface area contributed by atoms with Gasteiger partial charge in [-0.05, 0) is 37.4 Å². The lowest BCUT2D eigenvalue weighted by atomic mass is 10.1. The molecular formula is C18H20FN3O4. The van der Waals surface area contributed by atoms with Gasteiger partial charge in [-0.15, -0.1) is 0 Å². The van der Waals surface area contributed by atoms with Crippen LogP contribution in [0, 0.1) is 0 Å². The first-order valence-corrected chi connectivity index (χ1v) is 8.31. The van der Waals surface area contributed by atoms with E-state index in [1.165, 1.54) is 6.20 Å². The molecule has 1 saturated heterocycles. The van der Waals surface area contributed by atoms with Crippen molar-refractivity contribution in [2.45, 2.75) is 38.6 Å². The second-order valence-electron chi connectivity index (χ2n) is 6.44. The Bertz CT molecular complexity index is 856. The molecule has 7 nitrogen and oxygen atoms in total. The minimum Gasteiger partial charge on any atom is -0.490 e. The summed E-state index contributed by atoms with van der Waals surface area (Å²) in [5, 5.41) is 3.87. The zero-order chi connectivity index (χ0) is 18.8. The number of benzene rings is 1.